The van der Waals surface area contributed by atoms with Gasteiger partial charge in [0.2, 0.25) is 0 Å². The van der Waals surface area contributed by atoms with Crippen molar-refractivity contribution in [2.24, 2.45) is 5.92 Å². The Kier molecular flexibility index (Phi) is 4.35. The van der Waals surface area contributed by atoms with Crippen molar-refractivity contribution < 1.29 is 9.66 Å². The summed E-state index contributed by atoms with van der Waals surface area (Å²) >= 11 is 0. The minimum atomic E-state index is -0.343. The van der Waals surface area contributed by atoms with Crippen LogP contribution in [0.2, 0.25) is 0 Å². The summed E-state index contributed by atoms with van der Waals surface area (Å²) in [6.07, 6.45) is 0.655. The molecule has 0 bridgehead atoms. The predicted molar refractivity (Wildman–Crippen MR) is 78.2 cm³/mol. The number of nitrogens with zero attached hydrogens (tertiary/aromatic N) is 1. The van der Waals surface area contributed by atoms with Crippen molar-refractivity contribution in [2.75, 3.05) is 0 Å². The Hall–Kier alpha value is -2.36. The van der Waals surface area contributed by atoms with Crippen LogP contribution in [0, 0.1) is 16.0 Å². The van der Waals surface area contributed by atoms with E-state index in [1.807, 2.05) is 44.2 Å². The molecule has 0 aliphatic carbocycles. The Bertz CT molecular complexity index is 594. The Morgan fingerprint density at radius 2 is 1.80 bits per heavy atom. The largest absolute Gasteiger partial charge is 0.457 e. The molecule has 20 heavy (non-hydrogen) atoms. The number of rotatable bonds is 5. The highest BCUT2D eigenvalue weighted by Gasteiger charge is 2.15. The number of hydrogen-bond acceptors (Lipinski definition) is 3. The second-order valence-electron chi connectivity index (χ2n) is 5.06. The Balaban J connectivity index is 2.29. The Morgan fingerprint density at radius 3 is 2.40 bits per heavy atom. The molecule has 2 aromatic rings. The number of nitro benzene ring substituents is 1. The first-order valence-electron chi connectivity index (χ1n) is 6.56. The molecule has 0 N–H and O–H groups in total. The van der Waals surface area contributed by atoms with E-state index in [-0.39, 0.29) is 10.6 Å². The van der Waals surface area contributed by atoms with Crippen molar-refractivity contribution in [1.29, 1.82) is 0 Å². The second kappa shape index (κ2) is 6.19. The molecule has 4 heteroatoms. The molecule has 4 nitrogen and oxygen atoms in total. The topological polar surface area (TPSA) is 52.4 Å². The molecule has 0 spiro atoms. The molecule has 0 unspecified atom stereocenters. The molecule has 0 aromatic heterocycles. The van der Waals surface area contributed by atoms with Crippen LogP contribution in [0.4, 0.5) is 5.69 Å². The minimum absolute atomic E-state index is 0.152. The van der Waals surface area contributed by atoms with Crippen molar-refractivity contribution in [3.8, 4) is 11.5 Å². The normalized spacial score (nSPS) is 10.6. The molecule has 0 fully saturated rings. The Labute approximate surface area is 118 Å². The third kappa shape index (κ3) is 3.57. The van der Waals surface area contributed by atoms with Crippen LogP contribution in [-0.4, -0.2) is 4.92 Å². The molecule has 0 amide bonds. The van der Waals surface area contributed by atoms with E-state index < -0.39 is 0 Å². The predicted octanol–water partition coefficient (Wildman–Crippen LogP) is 4.59. The van der Waals surface area contributed by atoms with E-state index in [9.17, 15) is 10.1 Å². The van der Waals surface area contributed by atoms with E-state index in [4.69, 9.17) is 4.74 Å². The van der Waals surface area contributed by atoms with E-state index in [0.29, 0.717) is 23.7 Å². The smallest absolute Gasteiger partial charge is 0.272 e. The second-order valence-corrected chi connectivity index (χ2v) is 5.06. The highest BCUT2D eigenvalue weighted by Crippen LogP contribution is 2.29. The maximum Gasteiger partial charge on any atom is 0.272 e. The summed E-state index contributed by atoms with van der Waals surface area (Å²) in [5, 5.41) is 11.0. The van der Waals surface area contributed by atoms with Gasteiger partial charge in [-0.25, -0.2) is 0 Å². The van der Waals surface area contributed by atoms with Crippen molar-refractivity contribution in [3.05, 3.63) is 64.2 Å². The molecule has 2 rings (SSSR count). The highest BCUT2D eigenvalue weighted by atomic mass is 16.6. The fraction of sp³-hybridized carbons (Fsp3) is 0.250. The van der Waals surface area contributed by atoms with Crippen LogP contribution in [0.15, 0.2) is 48.5 Å². The number of nitro groups is 1. The average Bonchev–Trinajstić information content (AvgIpc) is 2.39. The number of para-hydroxylation sites is 1. The van der Waals surface area contributed by atoms with Gasteiger partial charge in [-0.15, -0.1) is 0 Å². The molecular formula is C16H17NO3. The van der Waals surface area contributed by atoms with Crippen LogP contribution in [0.1, 0.15) is 19.4 Å². The summed E-state index contributed by atoms with van der Waals surface area (Å²) in [4.78, 5) is 10.7. The average molecular weight is 271 g/mol. The third-order valence-corrected chi connectivity index (χ3v) is 2.85. The van der Waals surface area contributed by atoms with Gasteiger partial charge in [0, 0.05) is 11.6 Å². The van der Waals surface area contributed by atoms with Gasteiger partial charge in [0.25, 0.3) is 5.69 Å². The van der Waals surface area contributed by atoms with E-state index >= 15 is 0 Å². The van der Waals surface area contributed by atoms with E-state index in [1.54, 1.807) is 12.1 Å². The van der Waals surface area contributed by atoms with Crippen molar-refractivity contribution >= 4 is 5.69 Å². The maximum atomic E-state index is 11.0. The summed E-state index contributed by atoms with van der Waals surface area (Å²) in [5.41, 5.74) is 0.859. The molecule has 0 aliphatic heterocycles. The zero-order valence-electron chi connectivity index (χ0n) is 11.6. The van der Waals surface area contributed by atoms with Gasteiger partial charge < -0.3 is 4.74 Å². The third-order valence-electron chi connectivity index (χ3n) is 2.85. The van der Waals surface area contributed by atoms with Crippen LogP contribution >= 0.6 is 0 Å². The number of ether oxygens (including phenoxy) is 1. The van der Waals surface area contributed by atoms with E-state index in [2.05, 4.69) is 0 Å². The maximum absolute atomic E-state index is 11.0. The van der Waals surface area contributed by atoms with Crippen molar-refractivity contribution in [2.45, 2.75) is 20.3 Å². The summed E-state index contributed by atoms with van der Waals surface area (Å²) in [6, 6.07) is 14.3. The lowest BCUT2D eigenvalue weighted by molar-refractivity contribution is -0.385. The molecule has 0 atom stereocenters. The highest BCUT2D eigenvalue weighted by molar-refractivity contribution is 5.46. The monoisotopic (exact) mass is 271 g/mol. The first kappa shape index (κ1) is 14.1. The van der Waals surface area contributed by atoms with Crippen LogP contribution < -0.4 is 4.74 Å². The van der Waals surface area contributed by atoms with Gasteiger partial charge >= 0.3 is 0 Å². The molecule has 0 saturated carbocycles. The number of hydrogen-bond donors (Lipinski definition) is 0. The van der Waals surface area contributed by atoms with Crippen LogP contribution in [0.25, 0.3) is 0 Å². The molecule has 0 radical (unpaired) electrons. The zero-order chi connectivity index (χ0) is 14.5. The van der Waals surface area contributed by atoms with Crippen LogP contribution in [0.5, 0.6) is 11.5 Å². The van der Waals surface area contributed by atoms with Crippen LogP contribution in [0.3, 0.4) is 0 Å². The SMILES string of the molecule is CC(C)Cc1cc(Oc2ccccc2)ccc1[N+](=O)[O-]. The molecule has 0 heterocycles. The Morgan fingerprint density at radius 1 is 1.10 bits per heavy atom. The summed E-state index contributed by atoms with van der Waals surface area (Å²) < 4.78 is 5.71. The summed E-state index contributed by atoms with van der Waals surface area (Å²) in [6.45, 7) is 4.07. The van der Waals surface area contributed by atoms with E-state index in [0.717, 1.165) is 5.75 Å². The molecule has 0 aliphatic rings. The van der Waals surface area contributed by atoms with Gasteiger partial charge in [-0.2, -0.15) is 0 Å². The fourth-order valence-electron chi connectivity index (χ4n) is 2.03. The standard InChI is InChI=1S/C16H17NO3/c1-12(2)10-13-11-15(8-9-16(13)17(18)19)20-14-6-4-3-5-7-14/h3-9,11-12H,10H2,1-2H3. The van der Waals surface area contributed by atoms with Gasteiger partial charge in [-0.1, -0.05) is 32.0 Å². The molecular weight excluding hydrogens is 254 g/mol. The van der Waals surface area contributed by atoms with Gasteiger partial charge in [0.15, 0.2) is 0 Å². The van der Waals surface area contributed by atoms with Gasteiger partial charge in [-0.3, -0.25) is 10.1 Å². The number of benzene rings is 2. The molecule has 0 saturated heterocycles. The first-order valence-corrected chi connectivity index (χ1v) is 6.56. The van der Waals surface area contributed by atoms with Crippen molar-refractivity contribution in [1.82, 2.24) is 0 Å². The lowest BCUT2D eigenvalue weighted by Gasteiger charge is -2.10. The molecule has 104 valence electrons. The van der Waals surface area contributed by atoms with Crippen LogP contribution in [-0.2, 0) is 6.42 Å². The summed E-state index contributed by atoms with van der Waals surface area (Å²) in [7, 11) is 0. The summed E-state index contributed by atoms with van der Waals surface area (Å²) in [5.74, 6) is 1.69. The quantitative estimate of drug-likeness (QED) is 0.590. The van der Waals surface area contributed by atoms with Gasteiger partial charge in [0.05, 0.1) is 4.92 Å². The van der Waals surface area contributed by atoms with Crippen molar-refractivity contribution in [3.63, 3.8) is 0 Å². The lowest BCUT2D eigenvalue weighted by atomic mass is 10.0. The zero-order valence-corrected chi connectivity index (χ0v) is 11.6. The minimum Gasteiger partial charge on any atom is -0.457 e. The van der Waals surface area contributed by atoms with Gasteiger partial charge in [0.1, 0.15) is 11.5 Å². The lowest BCUT2D eigenvalue weighted by Crippen LogP contribution is -2.00. The molecule has 2 aromatic carbocycles. The van der Waals surface area contributed by atoms with E-state index in [1.165, 1.54) is 6.07 Å². The fourth-order valence-corrected chi connectivity index (χ4v) is 2.03. The van der Waals surface area contributed by atoms with Gasteiger partial charge in [-0.05, 0) is 36.6 Å². The first-order chi connectivity index (χ1) is 9.56.